The van der Waals surface area contributed by atoms with Crippen molar-refractivity contribution in [3.8, 4) is 0 Å². The third-order valence-electron chi connectivity index (χ3n) is 4.07. The summed E-state index contributed by atoms with van der Waals surface area (Å²) in [5, 5.41) is 14.0. The summed E-state index contributed by atoms with van der Waals surface area (Å²) >= 11 is 3.33. The molecule has 1 atom stereocenters. The maximum atomic E-state index is 12.6. The smallest absolute Gasteiger partial charge is 0.274 e. The Morgan fingerprint density at radius 1 is 1.32 bits per heavy atom. The van der Waals surface area contributed by atoms with Gasteiger partial charge in [-0.15, -0.1) is 0 Å². The third kappa shape index (κ3) is 4.89. The van der Waals surface area contributed by atoms with Gasteiger partial charge in [0, 0.05) is 18.9 Å². The first-order valence-electron chi connectivity index (χ1n) is 8.83. The molecule has 0 radical (unpaired) electrons. The molecule has 3 aromatic heterocycles. The molecule has 0 aromatic carbocycles. The van der Waals surface area contributed by atoms with Crippen LogP contribution in [0.15, 0.2) is 45.9 Å². The van der Waals surface area contributed by atoms with E-state index in [0.29, 0.717) is 24.5 Å². The van der Waals surface area contributed by atoms with E-state index in [4.69, 9.17) is 4.42 Å². The molecule has 0 saturated carbocycles. The SMILES string of the molecule is CCn1cc(NC(=O)C(C)Cn2cc(Br)cn2)c(C(=O)NCc2ccco2)n1. The van der Waals surface area contributed by atoms with Crippen LogP contribution >= 0.6 is 15.9 Å². The Morgan fingerprint density at radius 3 is 2.79 bits per heavy atom. The van der Waals surface area contributed by atoms with Gasteiger partial charge in [0.25, 0.3) is 5.91 Å². The Kier molecular flexibility index (Phi) is 6.30. The molecule has 0 aliphatic carbocycles. The van der Waals surface area contributed by atoms with Gasteiger partial charge < -0.3 is 15.1 Å². The van der Waals surface area contributed by atoms with Crippen molar-refractivity contribution in [1.29, 1.82) is 0 Å². The highest BCUT2D eigenvalue weighted by Gasteiger charge is 2.21. The van der Waals surface area contributed by atoms with Crippen LogP contribution in [0.3, 0.4) is 0 Å². The lowest BCUT2D eigenvalue weighted by Crippen LogP contribution is -2.27. The van der Waals surface area contributed by atoms with Crippen LogP contribution in [-0.2, 0) is 24.4 Å². The van der Waals surface area contributed by atoms with Crippen LogP contribution in [0.4, 0.5) is 5.69 Å². The number of carbonyl (C=O) groups excluding carboxylic acids is 2. The van der Waals surface area contributed by atoms with Gasteiger partial charge >= 0.3 is 0 Å². The fraction of sp³-hybridized carbons (Fsp3) is 0.333. The molecule has 28 heavy (non-hydrogen) atoms. The molecular weight excluding hydrogens is 428 g/mol. The zero-order valence-electron chi connectivity index (χ0n) is 15.6. The maximum Gasteiger partial charge on any atom is 0.274 e. The van der Waals surface area contributed by atoms with Crippen LogP contribution in [0.2, 0.25) is 0 Å². The molecular formula is C18H21BrN6O3. The molecule has 1 unspecified atom stereocenters. The van der Waals surface area contributed by atoms with E-state index in [-0.39, 0.29) is 30.0 Å². The minimum absolute atomic E-state index is 0.163. The highest BCUT2D eigenvalue weighted by Crippen LogP contribution is 2.16. The zero-order valence-corrected chi connectivity index (χ0v) is 17.1. The average molecular weight is 449 g/mol. The summed E-state index contributed by atoms with van der Waals surface area (Å²) in [7, 11) is 0. The number of nitrogens with zero attached hydrogens (tertiary/aromatic N) is 4. The molecule has 3 rings (SSSR count). The van der Waals surface area contributed by atoms with E-state index in [2.05, 4.69) is 36.8 Å². The van der Waals surface area contributed by atoms with E-state index in [9.17, 15) is 9.59 Å². The number of halogens is 1. The van der Waals surface area contributed by atoms with E-state index in [1.54, 1.807) is 53.3 Å². The first kappa shape index (κ1) is 19.9. The number of hydrogen-bond donors (Lipinski definition) is 2. The molecule has 2 amide bonds. The van der Waals surface area contributed by atoms with Gasteiger partial charge in [-0.05, 0) is 35.0 Å². The van der Waals surface area contributed by atoms with Crippen molar-refractivity contribution in [2.45, 2.75) is 33.5 Å². The second-order valence-electron chi connectivity index (χ2n) is 6.28. The maximum absolute atomic E-state index is 12.6. The predicted octanol–water partition coefficient (Wildman–Crippen LogP) is 2.66. The molecule has 0 aliphatic rings. The Labute approximate surface area is 170 Å². The lowest BCUT2D eigenvalue weighted by Gasteiger charge is -2.12. The molecule has 0 aliphatic heterocycles. The van der Waals surface area contributed by atoms with E-state index in [0.717, 1.165) is 4.47 Å². The molecule has 0 bridgehead atoms. The first-order valence-corrected chi connectivity index (χ1v) is 9.62. The van der Waals surface area contributed by atoms with Crippen molar-refractivity contribution in [2.24, 2.45) is 5.92 Å². The average Bonchev–Trinajstić information content (AvgIpc) is 3.41. The summed E-state index contributed by atoms with van der Waals surface area (Å²) in [5.74, 6) is -0.325. The van der Waals surface area contributed by atoms with E-state index >= 15 is 0 Å². The number of carbonyl (C=O) groups is 2. The van der Waals surface area contributed by atoms with Crippen molar-refractivity contribution in [3.63, 3.8) is 0 Å². The summed E-state index contributed by atoms with van der Waals surface area (Å²) in [4.78, 5) is 25.1. The van der Waals surface area contributed by atoms with E-state index in [1.165, 1.54) is 0 Å². The molecule has 3 heterocycles. The highest BCUT2D eigenvalue weighted by atomic mass is 79.9. The summed E-state index contributed by atoms with van der Waals surface area (Å²) in [6, 6.07) is 3.52. The molecule has 3 aromatic rings. The lowest BCUT2D eigenvalue weighted by molar-refractivity contribution is -0.119. The quantitative estimate of drug-likeness (QED) is 0.550. The number of nitrogens with one attached hydrogen (secondary N) is 2. The van der Waals surface area contributed by atoms with Crippen molar-refractivity contribution in [1.82, 2.24) is 24.9 Å². The van der Waals surface area contributed by atoms with Gasteiger partial charge in [-0.25, -0.2) is 0 Å². The van der Waals surface area contributed by atoms with Gasteiger partial charge in [0.2, 0.25) is 5.91 Å². The molecule has 0 spiro atoms. The second-order valence-corrected chi connectivity index (χ2v) is 7.20. The second kappa shape index (κ2) is 8.87. The van der Waals surface area contributed by atoms with Crippen LogP contribution in [-0.4, -0.2) is 31.4 Å². The van der Waals surface area contributed by atoms with Crippen molar-refractivity contribution in [2.75, 3.05) is 5.32 Å². The summed E-state index contributed by atoms with van der Waals surface area (Å²) in [6.07, 6.45) is 6.65. The van der Waals surface area contributed by atoms with Gasteiger partial charge in [0.05, 0.1) is 41.6 Å². The van der Waals surface area contributed by atoms with Crippen molar-refractivity contribution in [3.05, 3.63) is 52.9 Å². The normalized spacial score (nSPS) is 12.0. The van der Waals surface area contributed by atoms with E-state index < -0.39 is 0 Å². The molecule has 9 nitrogen and oxygen atoms in total. The first-order chi connectivity index (χ1) is 13.5. The highest BCUT2D eigenvalue weighted by molar-refractivity contribution is 9.10. The number of amides is 2. The fourth-order valence-corrected chi connectivity index (χ4v) is 2.89. The Bertz CT molecular complexity index is 947. The Hall–Kier alpha value is -2.88. The van der Waals surface area contributed by atoms with Gasteiger partial charge in [0.1, 0.15) is 5.76 Å². The standard InChI is InChI=1S/C18H21BrN6O3/c1-3-24-11-15(16(23-24)18(27)20-8-14-5-4-6-28-14)22-17(26)12(2)9-25-10-13(19)7-21-25/h4-7,10-12H,3,8-9H2,1-2H3,(H,20,27)(H,22,26). The third-order valence-corrected chi connectivity index (χ3v) is 4.48. The van der Waals surface area contributed by atoms with Gasteiger partial charge in [-0.3, -0.25) is 19.0 Å². The topological polar surface area (TPSA) is 107 Å². The van der Waals surface area contributed by atoms with Gasteiger partial charge in [-0.1, -0.05) is 6.92 Å². The number of furan rings is 1. The van der Waals surface area contributed by atoms with E-state index in [1.807, 2.05) is 6.92 Å². The molecule has 148 valence electrons. The minimum atomic E-state index is -0.387. The monoisotopic (exact) mass is 448 g/mol. The number of anilines is 1. The number of hydrogen-bond acceptors (Lipinski definition) is 5. The van der Waals surface area contributed by atoms with Crippen LogP contribution in [0.1, 0.15) is 30.1 Å². The molecule has 0 saturated heterocycles. The Morgan fingerprint density at radius 2 is 2.14 bits per heavy atom. The number of aromatic nitrogens is 4. The van der Waals surface area contributed by atoms with Gasteiger partial charge in [-0.2, -0.15) is 10.2 Å². The summed E-state index contributed by atoms with van der Waals surface area (Å²) < 4.78 is 9.34. The fourth-order valence-electron chi connectivity index (χ4n) is 2.56. The van der Waals surface area contributed by atoms with Crippen LogP contribution in [0, 0.1) is 5.92 Å². The molecule has 10 heteroatoms. The van der Waals surface area contributed by atoms with Crippen LogP contribution in [0.25, 0.3) is 0 Å². The Balaban J connectivity index is 1.67. The predicted molar refractivity (Wildman–Crippen MR) is 105 cm³/mol. The largest absolute Gasteiger partial charge is 0.467 e. The summed E-state index contributed by atoms with van der Waals surface area (Å²) in [6.45, 7) is 4.93. The van der Waals surface area contributed by atoms with Crippen LogP contribution in [0.5, 0.6) is 0 Å². The van der Waals surface area contributed by atoms with Gasteiger partial charge in [0.15, 0.2) is 5.69 Å². The van der Waals surface area contributed by atoms with Crippen molar-refractivity contribution >= 4 is 33.4 Å². The minimum Gasteiger partial charge on any atom is -0.467 e. The number of aryl methyl sites for hydroxylation is 1. The lowest BCUT2D eigenvalue weighted by atomic mass is 10.1. The zero-order chi connectivity index (χ0) is 20.1. The molecule has 2 N–H and O–H groups in total. The van der Waals surface area contributed by atoms with Crippen LogP contribution < -0.4 is 10.6 Å². The molecule has 0 fully saturated rings. The van der Waals surface area contributed by atoms with Crippen molar-refractivity contribution < 1.29 is 14.0 Å². The number of rotatable bonds is 8. The summed E-state index contributed by atoms with van der Waals surface area (Å²) in [5.41, 5.74) is 0.535.